The van der Waals surface area contributed by atoms with Crippen molar-refractivity contribution >= 4 is 0 Å². The molecule has 1 radical (unpaired) electrons. The summed E-state index contributed by atoms with van der Waals surface area (Å²) in [7, 11) is 0. The van der Waals surface area contributed by atoms with E-state index in [4.69, 9.17) is 5.73 Å². The van der Waals surface area contributed by atoms with Gasteiger partial charge in [0.25, 0.3) is 0 Å². The molecule has 0 rings (SSSR count). The first-order valence-corrected chi connectivity index (χ1v) is 4.14. The molecule has 0 bridgehead atoms. The molecule has 0 aliphatic carbocycles. The van der Waals surface area contributed by atoms with Crippen LogP contribution in [0.25, 0.3) is 5.73 Å². The zero-order valence-electron chi connectivity index (χ0n) is 8.81. The predicted molar refractivity (Wildman–Crippen MR) is 49.8 cm³/mol. The molecule has 0 saturated heterocycles. The summed E-state index contributed by atoms with van der Waals surface area (Å²) in [5.41, 5.74) is 7.69. The summed E-state index contributed by atoms with van der Waals surface area (Å²) in [4.78, 5) is 0. The minimum Gasteiger partial charge on any atom is -0.664 e. The Morgan fingerprint density at radius 3 is 1.92 bits per heavy atom. The largest absolute Gasteiger partial charge is 0.664 e. The molecule has 2 nitrogen and oxygen atoms in total. The first kappa shape index (κ1) is 15.5. The molecular weight excluding hydrogens is 225 g/mol. The summed E-state index contributed by atoms with van der Waals surface area (Å²) in [6, 6.07) is 0. The Hall–Kier alpha value is 1.02. The fraction of sp³-hybridized carbons (Fsp3) is 0.889. The summed E-state index contributed by atoms with van der Waals surface area (Å²) >= 11 is 0. The molecule has 0 saturated carbocycles. The van der Waals surface area contributed by atoms with Crippen LogP contribution in [0.15, 0.2) is 0 Å². The molecule has 1 atom stereocenters. The Kier molecular flexibility index (Phi) is 8.36. The Labute approximate surface area is 102 Å². The average molecular weight is 245 g/mol. The smallest absolute Gasteiger partial charge is 0 e. The molecule has 71 valence electrons. The molecule has 0 aliphatic rings. The SMILES string of the molecule is CC(C)[CH-]NC([NH-])C(C)(C)C.[Y]. The van der Waals surface area contributed by atoms with Crippen molar-refractivity contribution in [2.24, 2.45) is 11.3 Å². The van der Waals surface area contributed by atoms with Crippen LogP contribution in [0.5, 0.6) is 0 Å². The van der Waals surface area contributed by atoms with Crippen LogP contribution < -0.4 is 5.32 Å². The summed E-state index contributed by atoms with van der Waals surface area (Å²) < 4.78 is 0. The van der Waals surface area contributed by atoms with Crippen molar-refractivity contribution in [1.29, 1.82) is 0 Å². The van der Waals surface area contributed by atoms with Crippen LogP contribution in [0.3, 0.4) is 0 Å². The second kappa shape index (κ2) is 6.47. The molecule has 0 heterocycles. The minimum atomic E-state index is -0.204. The molecule has 0 spiro atoms. The first-order chi connectivity index (χ1) is 4.84. The van der Waals surface area contributed by atoms with E-state index in [2.05, 4.69) is 39.9 Å². The summed E-state index contributed by atoms with van der Waals surface area (Å²) in [6.07, 6.45) is -0.204. The maximum atomic E-state index is 7.67. The first-order valence-electron chi connectivity index (χ1n) is 4.14. The second-order valence-corrected chi connectivity index (χ2v) is 4.38. The van der Waals surface area contributed by atoms with Crippen LogP contribution >= 0.6 is 0 Å². The van der Waals surface area contributed by atoms with Crippen molar-refractivity contribution in [2.75, 3.05) is 0 Å². The van der Waals surface area contributed by atoms with E-state index >= 15 is 0 Å². The van der Waals surface area contributed by atoms with E-state index < -0.39 is 0 Å². The Balaban J connectivity index is 0. The van der Waals surface area contributed by atoms with Crippen molar-refractivity contribution in [2.45, 2.75) is 40.8 Å². The minimum absolute atomic E-state index is 0. The van der Waals surface area contributed by atoms with E-state index in [9.17, 15) is 0 Å². The van der Waals surface area contributed by atoms with Gasteiger partial charge >= 0.3 is 0 Å². The van der Waals surface area contributed by atoms with Crippen LogP contribution in [-0.2, 0) is 32.7 Å². The van der Waals surface area contributed by atoms with Crippen LogP contribution in [0.2, 0.25) is 0 Å². The quantitative estimate of drug-likeness (QED) is 0.762. The zero-order valence-corrected chi connectivity index (χ0v) is 11.6. The van der Waals surface area contributed by atoms with Gasteiger partial charge in [0, 0.05) is 32.7 Å². The van der Waals surface area contributed by atoms with Gasteiger partial charge in [-0.2, -0.15) is 5.92 Å². The molecular formula is C9H20N2Y-2. The van der Waals surface area contributed by atoms with Crippen molar-refractivity contribution in [3.8, 4) is 0 Å². The van der Waals surface area contributed by atoms with Crippen LogP contribution in [0.4, 0.5) is 0 Å². The van der Waals surface area contributed by atoms with E-state index in [-0.39, 0.29) is 44.3 Å². The molecule has 0 aromatic rings. The fourth-order valence-corrected chi connectivity index (χ4v) is 0.539. The predicted octanol–water partition coefficient (Wildman–Crippen LogP) is 2.82. The standard InChI is InChI=1S/C9H20N2.Y/c1-7(2)6-11-8(10)9(3,4)5;/h6-8,10-11H,1-5H3;/q-2;. The van der Waals surface area contributed by atoms with Crippen molar-refractivity contribution in [1.82, 2.24) is 5.32 Å². The molecule has 0 amide bonds. The summed E-state index contributed by atoms with van der Waals surface area (Å²) in [5, 5.41) is 3.06. The van der Waals surface area contributed by atoms with E-state index in [1.807, 2.05) is 6.54 Å². The van der Waals surface area contributed by atoms with E-state index in [0.29, 0.717) is 5.92 Å². The zero-order chi connectivity index (χ0) is 9.07. The number of hydrogen-bond acceptors (Lipinski definition) is 1. The van der Waals surface area contributed by atoms with Gasteiger partial charge in [0.2, 0.25) is 0 Å². The molecule has 0 aromatic heterocycles. The fourth-order valence-electron chi connectivity index (χ4n) is 0.539. The van der Waals surface area contributed by atoms with Gasteiger partial charge in [0.15, 0.2) is 0 Å². The third kappa shape index (κ3) is 7.66. The summed E-state index contributed by atoms with van der Waals surface area (Å²) in [5.74, 6) is 0.505. The third-order valence-electron chi connectivity index (χ3n) is 1.46. The van der Waals surface area contributed by atoms with Gasteiger partial charge in [-0.1, -0.05) is 34.6 Å². The molecule has 1 unspecified atom stereocenters. The van der Waals surface area contributed by atoms with Crippen LogP contribution in [0.1, 0.15) is 34.6 Å². The maximum Gasteiger partial charge on any atom is 0 e. The third-order valence-corrected chi connectivity index (χ3v) is 1.46. The van der Waals surface area contributed by atoms with Gasteiger partial charge in [-0.3, -0.25) is 6.54 Å². The Bertz CT molecular complexity index is 108. The van der Waals surface area contributed by atoms with Gasteiger partial charge in [-0.05, 0) is 5.41 Å². The van der Waals surface area contributed by atoms with Gasteiger partial charge in [-0.25, -0.2) is 0 Å². The summed E-state index contributed by atoms with van der Waals surface area (Å²) in [6.45, 7) is 12.4. The van der Waals surface area contributed by atoms with E-state index in [0.717, 1.165) is 0 Å². The second-order valence-electron chi connectivity index (χ2n) is 4.38. The van der Waals surface area contributed by atoms with Crippen LogP contribution in [0, 0.1) is 17.9 Å². The van der Waals surface area contributed by atoms with Gasteiger partial charge < -0.3 is 11.1 Å². The number of hydrogen-bond donors (Lipinski definition) is 1. The van der Waals surface area contributed by atoms with Gasteiger partial charge in [-0.15, -0.1) is 6.17 Å². The normalized spacial score (nSPS) is 14.2. The van der Waals surface area contributed by atoms with Gasteiger partial charge in [0.05, 0.1) is 0 Å². The molecule has 0 fully saturated rings. The van der Waals surface area contributed by atoms with Crippen molar-refractivity contribution in [3.05, 3.63) is 12.3 Å². The molecule has 3 heteroatoms. The Morgan fingerprint density at radius 2 is 1.67 bits per heavy atom. The number of nitrogens with one attached hydrogen (secondary N) is 2. The topological polar surface area (TPSA) is 35.8 Å². The van der Waals surface area contributed by atoms with E-state index in [1.165, 1.54) is 0 Å². The molecule has 2 N–H and O–H groups in total. The van der Waals surface area contributed by atoms with Gasteiger partial charge in [0.1, 0.15) is 0 Å². The average Bonchev–Trinajstić information content (AvgIpc) is 1.80. The molecule has 0 aliphatic heterocycles. The Morgan fingerprint density at radius 1 is 1.25 bits per heavy atom. The van der Waals surface area contributed by atoms with Crippen LogP contribution in [-0.4, -0.2) is 6.17 Å². The van der Waals surface area contributed by atoms with E-state index in [1.54, 1.807) is 0 Å². The van der Waals surface area contributed by atoms with Crippen molar-refractivity contribution in [3.63, 3.8) is 0 Å². The molecule has 12 heavy (non-hydrogen) atoms. The number of rotatable bonds is 3. The monoisotopic (exact) mass is 245 g/mol. The van der Waals surface area contributed by atoms with Crippen molar-refractivity contribution < 1.29 is 32.7 Å². The maximum absolute atomic E-state index is 7.67. The molecule has 0 aromatic carbocycles.